The molecule has 1 aliphatic rings. The van der Waals surface area contributed by atoms with Crippen LogP contribution < -0.4 is 15.8 Å². The van der Waals surface area contributed by atoms with Gasteiger partial charge in [0.15, 0.2) is 0 Å². The van der Waals surface area contributed by atoms with E-state index in [0.717, 1.165) is 50.5 Å². The lowest BCUT2D eigenvalue weighted by molar-refractivity contribution is -0.116. The molecule has 1 N–H and O–H groups in total. The van der Waals surface area contributed by atoms with Crippen molar-refractivity contribution in [2.24, 2.45) is 0 Å². The van der Waals surface area contributed by atoms with Crippen LogP contribution in [0.4, 0.5) is 11.4 Å². The monoisotopic (exact) mass is 468 g/mol. The SMILES string of the molecule is O=C(Cn1c(=O)cnc2ccccc21)Nc1ccccc1N1CCN(CCc2ccncc2)CC1. The second-order valence-electron chi connectivity index (χ2n) is 8.67. The Labute approximate surface area is 203 Å². The molecule has 1 aliphatic heterocycles. The molecule has 0 radical (unpaired) electrons. The number of nitrogens with zero attached hydrogens (tertiary/aromatic N) is 5. The Kier molecular flexibility index (Phi) is 6.81. The average molecular weight is 469 g/mol. The molecule has 1 amide bonds. The summed E-state index contributed by atoms with van der Waals surface area (Å²) in [6.45, 7) is 4.65. The van der Waals surface area contributed by atoms with Gasteiger partial charge in [-0.25, -0.2) is 4.98 Å². The Hall–Kier alpha value is -4.04. The van der Waals surface area contributed by atoms with Crippen molar-refractivity contribution in [1.29, 1.82) is 0 Å². The Bertz CT molecular complexity index is 1360. The zero-order chi connectivity index (χ0) is 24.0. The number of pyridine rings is 1. The molecule has 0 atom stereocenters. The number of carbonyl (C=O) groups excluding carboxylic acids is 1. The quantitative estimate of drug-likeness (QED) is 0.449. The summed E-state index contributed by atoms with van der Waals surface area (Å²) in [6, 6.07) is 19.3. The van der Waals surface area contributed by atoms with Crippen LogP contribution in [0.5, 0.6) is 0 Å². The molecule has 0 saturated carbocycles. The lowest BCUT2D eigenvalue weighted by Crippen LogP contribution is -2.47. The van der Waals surface area contributed by atoms with Crippen LogP contribution in [0.15, 0.2) is 84.0 Å². The summed E-state index contributed by atoms with van der Waals surface area (Å²) in [5.74, 6) is -0.244. The minimum absolute atomic E-state index is 0.0705. The van der Waals surface area contributed by atoms with Gasteiger partial charge in [-0.3, -0.25) is 24.0 Å². The van der Waals surface area contributed by atoms with Crippen LogP contribution in [0.2, 0.25) is 0 Å². The van der Waals surface area contributed by atoms with E-state index in [1.54, 1.807) is 6.07 Å². The number of aromatic nitrogens is 3. The van der Waals surface area contributed by atoms with Gasteiger partial charge in [0.25, 0.3) is 5.56 Å². The minimum Gasteiger partial charge on any atom is -0.367 e. The number of hydrogen-bond donors (Lipinski definition) is 1. The van der Waals surface area contributed by atoms with Gasteiger partial charge < -0.3 is 10.2 Å². The molecule has 178 valence electrons. The van der Waals surface area contributed by atoms with Crippen LogP contribution >= 0.6 is 0 Å². The molecule has 1 fully saturated rings. The summed E-state index contributed by atoms with van der Waals surface area (Å²) >= 11 is 0. The maximum atomic E-state index is 13.0. The number of amides is 1. The first-order valence-electron chi connectivity index (χ1n) is 11.9. The van der Waals surface area contributed by atoms with Gasteiger partial charge in [0.2, 0.25) is 5.91 Å². The molecular weight excluding hydrogens is 440 g/mol. The Morgan fingerprint density at radius 1 is 0.914 bits per heavy atom. The molecule has 8 heteroatoms. The summed E-state index contributed by atoms with van der Waals surface area (Å²) in [5.41, 5.74) is 4.09. The third-order valence-electron chi connectivity index (χ3n) is 6.41. The van der Waals surface area contributed by atoms with Gasteiger partial charge in [-0.1, -0.05) is 24.3 Å². The number of benzene rings is 2. The lowest BCUT2D eigenvalue weighted by Gasteiger charge is -2.37. The predicted molar refractivity (Wildman–Crippen MR) is 138 cm³/mol. The van der Waals surface area contributed by atoms with Crippen LogP contribution in [0, 0.1) is 0 Å². The minimum atomic E-state index is -0.296. The predicted octanol–water partition coefficient (Wildman–Crippen LogP) is 2.79. The van der Waals surface area contributed by atoms with Gasteiger partial charge >= 0.3 is 0 Å². The van der Waals surface area contributed by atoms with E-state index in [0.29, 0.717) is 11.0 Å². The van der Waals surface area contributed by atoms with Crippen LogP contribution in [-0.4, -0.2) is 58.1 Å². The molecule has 0 unspecified atom stereocenters. The smallest absolute Gasteiger partial charge is 0.269 e. The summed E-state index contributed by atoms with van der Waals surface area (Å²) in [7, 11) is 0. The fourth-order valence-electron chi connectivity index (χ4n) is 4.52. The second kappa shape index (κ2) is 10.5. The Balaban J connectivity index is 1.23. The third-order valence-corrected chi connectivity index (χ3v) is 6.41. The van der Waals surface area contributed by atoms with Crippen molar-refractivity contribution in [3.05, 3.63) is 95.2 Å². The highest BCUT2D eigenvalue weighted by atomic mass is 16.2. The van der Waals surface area contributed by atoms with Crippen molar-refractivity contribution in [1.82, 2.24) is 19.4 Å². The van der Waals surface area contributed by atoms with Crippen LogP contribution in [-0.2, 0) is 17.8 Å². The van der Waals surface area contributed by atoms with E-state index < -0.39 is 0 Å². The highest BCUT2D eigenvalue weighted by Gasteiger charge is 2.20. The Morgan fingerprint density at radius 2 is 1.66 bits per heavy atom. The van der Waals surface area contributed by atoms with Gasteiger partial charge in [-0.2, -0.15) is 0 Å². The molecule has 4 aromatic rings. The summed E-state index contributed by atoms with van der Waals surface area (Å²) in [6.07, 6.45) is 5.95. The zero-order valence-electron chi connectivity index (χ0n) is 19.5. The van der Waals surface area contributed by atoms with Gasteiger partial charge in [0.1, 0.15) is 6.54 Å². The van der Waals surface area contributed by atoms with Crippen LogP contribution in [0.25, 0.3) is 11.0 Å². The molecule has 0 spiro atoms. The van der Waals surface area contributed by atoms with Crippen molar-refractivity contribution in [2.45, 2.75) is 13.0 Å². The average Bonchev–Trinajstić information content (AvgIpc) is 2.90. The number of fused-ring (bicyclic) bond motifs is 1. The standard InChI is InChI=1S/C27H28N6O2/c34-26(20-33-25-8-4-1-5-22(25)29-19-27(33)35)30-23-6-2-3-7-24(23)32-17-15-31(16-18-32)14-11-21-9-12-28-13-10-21/h1-10,12-13,19H,11,14-18,20H2,(H,30,34). The van der Waals surface area contributed by atoms with E-state index in [1.165, 1.54) is 16.3 Å². The Morgan fingerprint density at radius 3 is 2.49 bits per heavy atom. The number of carbonyl (C=O) groups is 1. The number of para-hydroxylation sites is 4. The molecule has 0 bridgehead atoms. The topological polar surface area (TPSA) is 83.4 Å². The molecule has 5 rings (SSSR count). The van der Waals surface area contributed by atoms with E-state index in [1.807, 2.05) is 54.9 Å². The maximum Gasteiger partial charge on any atom is 0.269 e. The van der Waals surface area contributed by atoms with E-state index in [4.69, 9.17) is 0 Å². The van der Waals surface area contributed by atoms with E-state index in [2.05, 4.69) is 37.2 Å². The van der Waals surface area contributed by atoms with Crippen molar-refractivity contribution < 1.29 is 4.79 Å². The number of piperazine rings is 1. The molecular formula is C27H28N6O2. The van der Waals surface area contributed by atoms with E-state index >= 15 is 0 Å². The number of nitrogens with one attached hydrogen (secondary N) is 1. The summed E-state index contributed by atoms with van der Waals surface area (Å²) < 4.78 is 1.46. The number of anilines is 2. The summed E-state index contributed by atoms with van der Waals surface area (Å²) in [5, 5.41) is 3.03. The summed E-state index contributed by atoms with van der Waals surface area (Å²) in [4.78, 5) is 38.4. The molecule has 1 saturated heterocycles. The first-order chi connectivity index (χ1) is 17.2. The van der Waals surface area contributed by atoms with E-state index in [-0.39, 0.29) is 18.0 Å². The number of rotatable bonds is 7. The van der Waals surface area contributed by atoms with E-state index in [9.17, 15) is 9.59 Å². The van der Waals surface area contributed by atoms with Gasteiger partial charge in [0.05, 0.1) is 28.6 Å². The van der Waals surface area contributed by atoms with Crippen LogP contribution in [0.1, 0.15) is 5.56 Å². The lowest BCUT2D eigenvalue weighted by atomic mass is 10.1. The normalized spacial score (nSPS) is 14.2. The molecule has 8 nitrogen and oxygen atoms in total. The molecule has 2 aromatic carbocycles. The highest BCUT2D eigenvalue weighted by Crippen LogP contribution is 2.27. The maximum absolute atomic E-state index is 13.0. The number of hydrogen-bond acceptors (Lipinski definition) is 6. The van der Waals surface area contributed by atoms with Gasteiger partial charge in [-0.05, 0) is 48.4 Å². The largest absolute Gasteiger partial charge is 0.367 e. The first-order valence-corrected chi connectivity index (χ1v) is 11.9. The van der Waals surface area contributed by atoms with Crippen molar-refractivity contribution in [2.75, 3.05) is 42.9 Å². The van der Waals surface area contributed by atoms with Crippen molar-refractivity contribution >= 4 is 28.3 Å². The van der Waals surface area contributed by atoms with Crippen molar-refractivity contribution in [3.8, 4) is 0 Å². The fraction of sp³-hybridized carbons (Fsp3) is 0.259. The zero-order valence-corrected chi connectivity index (χ0v) is 19.5. The fourth-order valence-corrected chi connectivity index (χ4v) is 4.52. The van der Waals surface area contributed by atoms with Crippen molar-refractivity contribution in [3.63, 3.8) is 0 Å². The molecule has 35 heavy (non-hydrogen) atoms. The van der Waals surface area contributed by atoms with Crippen LogP contribution in [0.3, 0.4) is 0 Å². The van der Waals surface area contributed by atoms with Gasteiger partial charge in [0, 0.05) is 45.1 Å². The highest BCUT2D eigenvalue weighted by molar-refractivity contribution is 5.95. The second-order valence-corrected chi connectivity index (χ2v) is 8.67. The van der Waals surface area contributed by atoms with Gasteiger partial charge in [-0.15, -0.1) is 0 Å². The molecule has 2 aromatic heterocycles. The molecule has 0 aliphatic carbocycles. The third kappa shape index (κ3) is 5.38. The first kappa shape index (κ1) is 22.7. The molecule has 3 heterocycles.